The average molecular weight is 380 g/mol. The molecule has 5 heteroatoms. The van der Waals surface area contributed by atoms with Crippen LogP contribution in [0.2, 0.25) is 0 Å². The fourth-order valence-corrected chi connectivity index (χ4v) is 5.33. The van der Waals surface area contributed by atoms with Crippen LogP contribution in [-0.2, 0) is 6.42 Å². The zero-order chi connectivity index (χ0) is 18.8. The van der Waals surface area contributed by atoms with Gasteiger partial charge in [-0.1, -0.05) is 37.3 Å². The standard InChI is InChI=1S/C22H25N3OS/c1-2-16-13-24-22(27-16)25-19(12-23)21(20(25)14-26)18-11-7-6-10-17(18)15-8-4-3-5-9-15/h6-8,10-11,13,19-21,26H,2-5,9,14H2,1H3/t19-,20+,21-/m1/s1. The third-order valence-electron chi connectivity index (χ3n) is 5.80. The molecule has 2 aromatic rings. The SMILES string of the molecule is CCc1cnc(N2[C@H](C#N)[C@@H](c3ccccc3C3=CCCCC3)[C@@H]2CO)s1. The van der Waals surface area contributed by atoms with E-state index in [-0.39, 0.29) is 24.6 Å². The van der Waals surface area contributed by atoms with Crippen molar-refractivity contribution in [2.75, 3.05) is 11.5 Å². The Morgan fingerprint density at radius 3 is 2.85 bits per heavy atom. The molecule has 0 spiro atoms. The number of allylic oxidation sites excluding steroid dienone is 2. The van der Waals surface area contributed by atoms with Gasteiger partial charge in [-0.15, -0.1) is 11.3 Å². The van der Waals surface area contributed by atoms with E-state index in [1.807, 2.05) is 17.2 Å². The minimum absolute atomic E-state index is 0.00741. The van der Waals surface area contributed by atoms with E-state index in [4.69, 9.17) is 0 Å². The van der Waals surface area contributed by atoms with Crippen molar-refractivity contribution in [3.8, 4) is 6.07 Å². The zero-order valence-corrected chi connectivity index (χ0v) is 16.5. The molecule has 1 N–H and O–H groups in total. The van der Waals surface area contributed by atoms with Gasteiger partial charge in [-0.05, 0) is 48.8 Å². The lowest BCUT2D eigenvalue weighted by atomic mass is 9.73. The van der Waals surface area contributed by atoms with E-state index < -0.39 is 0 Å². The summed E-state index contributed by atoms with van der Waals surface area (Å²) in [7, 11) is 0. The molecule has 3 atom stereocenters. The van der Waals surface area contributed by atoms with Crippen molar-refractivity contribution >= 4 is 22.0 Å². The highest BCUT2D eigenvalue weighted by atomic mass is 32.1. The van der Waals surface area contributed by atoms with Crippen LogP contribution in [0.25, 0.3) is 5.57 Å². The third-order valence-corrected chi connectivity index (χ3v) is 6.95. The Labute approximate surface area is 164 Å². The first-order valence-electron chi connectivity index (χ1n) is 9.80. The van der Waals surface area contributed by atoms with Crippen LogP contribution in [0.15, 0.2) is 36.5 Å². The van der Waals surface area contributed by atoms with Crippen LogP contribution in [0.5, 0.6) is 0 Å². The second-order valence-electron chi connectivity index (χ2n) is 7.28. The molecule has 4 rings (SSSR count). The Morgan fingerprint density at radius 1 is 1.33 bits per heavy atom. The maximum absolute atomic E-state index is 10.1. The molecule has 0 radical (unpaired) electrons. The van der Waals surface area contributed by atoms with Crippen molar-refractivity contribution in [1.29, 1.82) is 5.26 Å². The van der Waals surface area contributed by atoms with Crippen molar-refractivity contribution in [1.82, 2.24) is 4.98 Å². The molecule has 140 valence electrons. The van der Waals surface area contributed by atoms with E-state index in [1.54, 1.807) is 11.3 Å². The lowest BCUT2D eigenvalue weighted by Gasteiger charge is -2.52. The molecule has 0 unspecified atom stereocenters. The second-order valence-corrected chi connectivity index (χ2v) is 8.38. The Balaban J connectivity index is 1.70. The van der Waals surface area contributed by atoms with Gasteiger partial charge < -0.3 is 10.0 Å². The molecule has 1 saturated heterocycles. The Bertz CT molecular complexity index is 882. The molecular formula is C22H25N3OS. The molecule has 2 heterocycles. The maximum Gasteiger partial charge on any atom is 0.186 e. The number of hydrogen-bond donors (Lipinski definition) is 1. The molecule has 1 fully saturated rings. The van der Waals surface area contributed by atoms with Crippen LogP contribution in [0.1, 0.15) is 54.5 Å². The molecule has 0 saturated carbocycles. The molecule has 1 aromatic heterocycles. The summed E-state index contributed by atoms with van der Waals surface area (Å²) in [6, 6.07) is 10.5. The maximum atomic E-state index is 10.1. The van der Waals surface area contributed by atoms with Gasteiger partial charge in [-0.25, -0.2) is 4.98 Å². The van der Waals surface area contributed by atoms with Crippen LogP contribution in [0, 0.1) is 11.3 Å². The van der Waals surface area contributed by atoms with Gasteiger partial charge in [0, 0.05) is 17.0 Å². The zero-order valence-electron chi connectivity index (χ0n) is 15.6. The van der Waals surface area contributed by atoms with E-state index >= 15 is 0 Å². The fourth-order valence-electron chi connectivity index (χ4n) is 4.39. The number of benzene rings is 1. The molecule has 1 aromatic carbocycles. The first kappa shape index (κ1) is 18.2. The number of nitriles is 1. The molecule has 0 bridgehead atoms. The summed E-state index contributed by atoms with van der Waals surface area (Å²) in [6.07, 6.45) is 9.88. The number of thiazole rings is 1. The first-order chi connectivity index (χ1) is 13.3. The highest BCUT2D eigenvalue weighted by Crippen LogP contribution is 2.47. The highest BCUT2D eigenvalue weighted by Gasteiger charge is 2.51. The van der Waals surface area contributed by atoms with Crippen LogP contribution in [0.4, 0.5) is 5.13 Å². The summed E-state index contributed by atoms with van der Waals surface area (Å²) < 4.78 is 0. The molecule has 1 aliphatic carbocycles. The van der Waals surface area contributed by atoms with Crippen molar-refractivity contribution in [2.24, 2.45) is 0 Å². The van der Waals surface area contributed by atoms with Gasteiger partial charge >= 0.3 is 0 Å². The number of aryl methyl sites for hydroxylation is 1. The van der Waals surface area contributed by atoms with E-state index in [2.05, 4.69) is 42.3 Å². The van der Waals surface area contributed by atoms with Gasteiger partial charge in [-0.2, -0.15) is 5.26 Å². The Morgan fingerprint density at radius 2 is 2.19 bits per heavy atom. The predicted octanol–water partition coefficient (Wildman–Crippen LogP) is 4.52. The number of aromatic nitrogens is 1. The largest absolute Gasteiger partial charge is 0.394 e. The molecule has 1 aliphatic heterocycles. The summed E-state index contributed by atoms with van der Waals surface area (Å²) in [5, 5.41) is 20.9. The van der Waals surface area contributed by atoms with E-state index in [0.717, 1.165) is 24.4 Å². The number of aliphatic hydroxyl groups excluding tert-OH is 1. The van der Waals surface area contributed by atoms with E-state index in [0.29, 0.717) is 0 Å². The van der Waals surface area contributed by atoms with Gasteiger partial charge in [-0.3, -0.25) is 0 Å². The summed E-state index contributed by atoms with van der Waals surface area (Å²) in [6.45, 7) is 2.13. The van der Waals surface area contributed by atoms with Gasteiger partial charge in [0.15, 0.2) is 5.13 Å². The number of nitrogens with zero attached hydrogens (tertiary/aromatic N) is 3. The third kappa shape index (κ3) is 3.18. The highest BCUT2D eigenvalue weighted by molar-refractivity contribution is 7.15. The van der Waals surface area contributed by atoms with Gasteiger partial charge in [0.1, 0.15) is 6.04 Å². The summed E-state index contributed by atoms with van der Waals surface area (Å²) in [4.78, 5) is 7.73. The summed E-state index contributed by atoms with van der Waals surface area (Å²) in [5.74, 6) is 0.00741. The second kappa shape index (κ2) is 7.84. The Kier molecular flexibility index (Phi) is 5.29. The first-order valence-corrected chi connectivity index (χ1v) is 10.6. The lowest BCUT2D eigenvalue weighted by Crippen LogP contribution is -2.63. The van der Waals surface area contributed by atoms with Crippen molar-refractivity contribution in [2.45, 2.75) is 57.0 Å². The van der Waals surface area contributed by atoms with Gasteiger partial charge in [0.2, 0.25) is 0 Å². The summed E-state index contributed by atoms with van der Waals surface area (Å²) in [5.41, 5.74) is 3.85. The Hall–Kier alpha value is -2.16. The number of aliphatic hydroxyl groups is 1. The average Bonchev–Trinajstić information content (AvgIpc) is 3.17. The number of rotatable bonds is 5. The van der Waals surface area contributed by atoms with Crippen molar-refractivity contribution in [3.63, 3.8) is 0 Å². The fraction of sp³-hybridized carbons (Fsp3) is 0.455. The van der Waals surface area contributed by atoms with Crippen molar-refractivity contribution in [3.05, 3.63) is 52.5 Å². The lowest BCUT2D eigenvalue weighted by molar-refractivity contribution is 0.187. The smallest absolute Gasteiger partial charge is 0.186 e. The monoisotopic (exact) mass is 379 g/mol. The minimum atomic E-state index is -0.289. The van der Waals surface area contributed by atoms with Crippen LogP contribution in [-0.4, -0.2) is 28.8 Å². The van der Waals surface area contributed by atoms with E-state index in [1.165, 1.54) is 34.4 Å². The number of hydrogen-bond acceptors (Lipinski definition) is 5. The molecule has 4 nitrogen and oxygen atoms in total. The minimum Gasteiger partial charge on any atom is -0.394 e. The van der Waals surface area contributed by atoms with Crippen LogP contribution >= 0.6 is 11.3 Å². The molecule has 0 amide bonds. The molecular weight excluding hydrogens is 354 g/mol. The quantitative estimate of drug-likeness (QED) is 0.830. The van der Waals surface area contributed by atoms with Gasteiger partial charge in [0.25, 0.3) is 0 Å². The summed E-state index contributed by atoms with van der Waals surface area (Å²) >= 11 is 1.63. The van der Waals surface area contributed by atoms with Gasteiger partial charge in [0.05, 0.1) is 18.7 Å². The van der Waals surface area contributed by atoms with Crippen LogP contribution < -0.4 is 4.90 Å². The van der Waals surface area contributed by atoms with E-state index in [9.17, 15) is 10.4 Å². The molecule has 27 heavy (non-hydrogen) atoms. The molecule has 2 aliphatic rings. The topological polar surface area (TPSA) is 60.2 Å². The normalized spacial score (nSPS) is 24.9. The number of anilines is 1. The van der Waals surface area contributed by atoms with Crippen molar-refractivity contribution < 1.29 is 5.11 Å². The predicted molar refractivity (Wildman–Crippen MR) is 110 cm³/mol. The van der Waals surface area contributed by atoms with Crippen LogP contribution in [0.3, 0.4) is 0 Å².